The minimum Gasteiger partial charge on any atom is -0.359 e. The van der Waals surface area contributed by atoms with E-state index < -0.39 is 0 Å². The maximum absolute atomic E-state index is 5.29. The highest BCUT2D eigenvalue weighted by atomic mass is 16.5. The Kier molecular flexibility index (Phi) is 5.52. The average Bonchev–Trinajstić information content (AvgIpc) is 2.97. The van der Waals surface area contributed by atoms with E-state index in [0.717, 1.165) is 22.8 Å². The zero-order valence-corrected chi connectivity index (χ0v) is 13.6. The Balaban J connectivity index is 1.84. The molecule has 0 unspecified atom stereocenters. The zero-order chi connectivity index (χ0) is 15.9. The first-order valence-electron chi connectivity index (χ1n) is 7.41. The number of aromatic nitrogens is 2. The summed E-state index contributed by atoms with van der Waals surface area (Å²) in [5.74, 6) is 1.86. The Morgan fingerprint density at radius 3 is 2.68 bits per heavy atom. The van der Waals surface area contributed by atoms with Gasteiger partial charge in [0.25, 0.3) is 0 Å². The molecule has 0 atom stereocenters. The van der Waals surface area contributed by atoms with Gasteiger partial charge in [-0.3, -0.25) is 9.98 Å². The number of pyridine rings is 1. The van der Waals surface area contributed by atoms with Crippen LogP contribution < -0.4 is 10.6 Å². The Morgan fingerprint density at radius 2 is 2.05 bits per heavy atom. The molecule has 6 nitrogen and oxygen atoms in total. The van der Waals surface area contributed by atoms with Gasteiger partial charge in [0.15, 0.2) is 11.7 Å². The molecule has 0 bridgehead atoms. The summed E-state index contributed by atoms with van der Waals surface area (Å²) in [7, 11) is 1.74. The predicted molar refractivity (Wildman–Crippen MR) is 86.6 cm³/mol. The molecular weight excluding hydrogens is 278 g/mol. The first-order chi connectivity index (χ1) is 10.6. The van der Waals surface area contributed by atoms with Gasteiger partial charge in [-0.25, -0.2) is 0 Å². The minimum absolute atomic E-state index is 0.363. The number of rotatable bonds is 5. The molecule has 0 aliphatic carbocycles. The fourth-order valence-corrected chi connectivity index (χ4v) is 1.95. The van der Waals surface area contributed by atoms with E-state index in [9.17, 15) is 0 Å². The summed E-state index contributed by atoms with van der Waals surface area (Å²) in [6, 6.07) is 7.93. The largest absolute Gasteiger partial charge is 0.359 e. The lowest BCUT2D eigenvalue weighted by molar-refractivity contribution is 0.372. The van der Waals surface area contributed by atoms with Crippen LogP contribution in [0.25, 0.3) is 0 Å². The number of aryl methyl sites for hydroxylation is 1. The van der Waals surface area contributed by atoms with Crippen LogP contribution in [-0.4, -0.2) is 23.1 Å². The van der Waals surface area contributed by atoms with Crippen LogP contribution >= 0.6 is 0 Å². The van der Waals surface area contributed by atoms with Crippen LogP contribution in [0.3, 0.4) is 0 Å². The first-order valence-corrected chi connectivity index (χ1v) is 7.41. The Morgan fingerprint density at radius 1 is 1.27 bits per heavy atom. The van der Waals surface area contributed by atoms with Crippen LogP contribution in [-0.2, 0) is 13.1 Å². The summed E-state index contributed by atoms with van der Waals surface area (Å²) in [5.41, 5.74) is 2.94. The summed E-state index contributed by atoms with van der Waals surface area (Å²) in [4.78, 5) is 8.63. The van der Waals surface area contributed by atoms with E-state index >= 15 is 0 Å². The highest BCUT2D eigenvalue weighted by molar-refractivity contribution is 5.79. The third-order valence-corrected chi connectivity index (χ3v) is 3.21. The average molecular weight is 301 g/mol. The molecule has 2 aromatic rings. The quantitative estimate of drug-likeness (QED) is 0.655. The lowest BCUT2D eigenvalue weighted by Crippen LogP contribution is -2.36. The highest BCUT2D eigenvalue weighted by Gasteiger charge is 2.08. The van der Waals surface area contributed by atoms with Crippen molar-refractivity contribution in [2.24, 2.45) is 4.99 Å². The summed E-state index contributed by atoms with van der Waals surface area (Å²) in [5, 5.41) is 10.5. The molecule has 2 rings (SSSR count). The summed E-state index contributed by atoms with van der Waals surface area (Å²) >= 11 is 0. The van der Waals surface area contributed by atoms with E-state index in [4.69, 9.17) is 4.52 Å². The lowest BCUT2D eigenvalue weighted by atomic mass is 10.1. The van der Waals surface area contributed by atoms with Crippen LogP contribution in [0.4, 0.5) is 0 Å². The predicted octanol–water partition coefficient (Wildman–Crippen LogP) is 2.37. The van der Waals surface area contributed by atoms with Gasteiger partial charge in [-0.15, -0.1) is 0 Å². The topological polar surface area (TPSA) is 75.3 Å². The number of nitrogens with zero attached hydrogens (tertiary/aromatic N) is 3. The van der Waals surface area contributed by atoms with E-state index in [2.05, 4.69) is 39.6 Å². The molecule has 0 amide bonds. The molecule has 0 saturated heterocycles. The van der Waals surface area contributed by atoms with Gasteiger partial charge in [0, 0.05) is 18.8 Å². The van der Waals surface area contributed by atoms with Gasteiger partial charge in [0.05, 0.1) is 24.5 Å². The Hall–Kier alpha value is -2.37. The first kappa shape index (κ1) is 16.0. The van der Waals surface area contributed by atoms with Crippen molar-refractivity contribution in [1.82, 2.24) is 20.8 Å². The Bertz CT molecular complexity index is 633. The standard InChI is InChI=1S/C16H23N5O/c1-11(2)15-8-14(22-21-15)10-19-16(17-4)18-9-13-7-5-6-12(3)20-13/h5-8,11H,9-10H2,1-4H3,(H2,17,18,19). The molecule has 6 heteroatoms. The molecule has 0 fully saturated rings. The van der Waals surface area contributed by atoms with Gasteiger partial charge in [-0.2, -0.15) is 0 Å². The molecule has 0 spiro atoms. The molecule has 118 valence electrons. The van der Waals surface area contributed by atoms with E-state index in [0.29, 0.717) is 25.0 Å². The molecule has 2 N–H and O–H groups in total. The lowest BCUT2D eigenvalue weighted by Gasteiger charge is -2.10. The van der Waals surface area contributed by atoms with Gasteiger partial charge in [0.2, 0.25) is 0 Å². The fraction of sp³-hybridized carbons (Fsp3) is 0.438. The van der Waals surface area contributed by atoms with E-state index in [1.54, 1.807) is 7.05 Å². The third-order valence-electron chi connectivity index (χ3n) is 3.21. The zero-order valence-electron chi connectivity index (χ0n) is 13.6. The molecule has 0 aliphatic heterocycles. The van der Waals surface area contributed by atoms with Crippen LogP contribution in [0.1, 0.15) is 42.6 Å². The van der Waals surface area contributed by atoms with Crippen LogP contribution in [0.5, 0.6) is 0 Å². The maximum Gasteiger partial charge on any atom is 0.191 e. The van der Waals surface area contributed by atoms with Crippen molar-refractivity contribution in [3.63, 3.8) is 0 Å². The van der Waals surface area contributed by atoms with Crippen LogP contribution in [0.15, 0.2) is 33.8 Å². The number of guanidine groups is 1. The molecule has 22 heavy (non-hydrogen) atoms. The van der Waals surface area contributed by atoms with E-state index in [-0.39, 0.29) is 0 Å². The van der Waals surface area contributed by atoms with E-state index in [1.165, 1.54) is 0 Å². The van der Waals surface area contributed by atoms with Crippen LogP contribution in [0.2, 0.25) is 0 Å². The fourth-order valence-electron chi connectivity index (χ4n) is 1.95. The second-order valence-electron chi connectivity index (χ2n) is 5.42. The third kappa shape index (κ3) is 4.58. The normalized spacial score (nSPS) is 11.8. The summed E-state index contributed by atoms with van der Waals surface area (Å²) in [6.45, 7) is 7.32. The number of hydrogen-bond donors (Lipinski definition) is 2. The maximum atomic E-state index is 5.29. The van der Waals surface area contributed by atoms with Gasteiger partial charge < -0.3 is 15.2 Å². The second kappa shape index (κ2) is 7.59. The monoisotopic (exact) mass is 301 g/mol. The summed E-state index contributed by atoms with van der Waals surface area (Å²) in [6.07, 6.45) is 0. The molecule has 2 aromatic heterocycles. The smallest absolute Gasteiger partial charge is 0.191 e. The molecular formula is C16H23N5O. The van der Waals surface area contributed by atoms with Crippen molar-refractivity contribution in [3.05, 3.63) is 47.1 Å². The Labute approximate surface area is 131 Å². The second-order valence-corrected chi connectivity index (χ2v) is 5.42. The number of aliphatic imine (C=N–C) groups is 1. The minimum atomic E-state index is 0.363. The van der Waals surface area contributed by atoms with Crippen molar-refractivity contribution < 1.29 is 4.52 Å². The van der Waals surface area contributed by atoms with Crippen molar-refractivity contribution >= 4 is 5.96 Å². The SMILES string of the molecule is CN=C(NCc1cccc(C)n1)NCc1cc(C(C)C)no1. The molecule has 0 radical (unpaired) electrons. The van der Waals surface area contributed by atoms with Crippen molar-refractivity contribution in [2.45, 2.75) is 39.8 Å². The number of hydrogen-bond acceptors (Lipinski definition) is 4. The molecule has 0 aromatic carbocycles. The van der Waals surface area contributed by atoms with Crippen LogP contribution in [0, 0.1) is 6.92 Å². The van der Waals surface area contributed by atoms with Gasteiger partial charge in [-0.1, -0.05) is 25.1 Å². The van der Waals surface area contributed by atoms with E-state index in [1.807, 2.05) is 31.2 Å². The van der Waals surface area contributed by atoms with Crippen molar-refractivity contribution in [1.29, 1.82) is 0 Å². The van der Waals surface area contributed by atoms with Crippen molar-refractivity contribution in [3.8, 4) is 0 Å². The highest BCUT2D eigenvalue weighted by Crippen LogP contribution is 2.13. The van der Waals surface area contributed by atoms with Gasteiger partial charge >= 0.3 is 0 Å². The number of nitrogens with one attached hydrogen (secondary N) is 2. The molecule has 0 saturated carbocycles. The van der Waals surface area contributed by atoms with Crippen molar-refractivity contribution in [2.75, 3.05) is 7.05 Å². The summed E-state index contributed by atoms with van der Waals surface area (Å²) < 4.78 is 5.29. The molecule has 2 heterocycles. The molecule has 0 aliphatic rings. The van der Waals surface area contributed by atoms with Gasteiger partial charge in [0.1, 0.15) is 0 Å². The van der Waals surface area contributed by atoms with Gasteiger partial charge in [-0.05, 0) is 25.0 Å².